The molecule has 3 atom stereocenters. The number of methoxy groups -OCH3 is 1. The van der Waals surface area contributed by atoms with E-state index in [9.17, 15) is 14.7 Å². The van der Waals surface area contributed by atoms with Crippen LogP contribution < -0.4 is 10.1 Å². The van der Waals surface area contributed by atoms with E-state index < -0.39 is 17.7 Å². The molecule has 1 aromatic carbocycles. The molecule has 1 spiro atoms. The average Bonchev–Trinajstić information content (AvgIpc) is 2.97. The topological polar surface area (TPSA) is 78.9 Å². The van der Waals surface area contributed by atoms with E-state index in [2.05, 4.69) is 37.2 Å². The number of ether oxygens (including phenoxy) is 1. The maximum Gasteiger partial charge on any atom is 0.250 e. The number of hydrogen-bond donors (Lipinski definition) is 2. The number of aliphatic hydroxyl groups is 1. The first-order valence-electron chi connectivity index (χ1n) is 7.11. The number of nitrogens with zero attached hydrogens (tertiary/aromatic N) is 1. The quantitative estimate of drug-likeness (QED) is 0.723. The van der Waals surface area contributed by atoms with Gasteiger partial charge in [-0.2, -0.15) is 0 Å². The van der Waals surface area contributed by atoms with Gasteiger partial charge in [-0.15, -0.1) is 0 Å². The Kier molecular flexibility index (Phi) is 4.18. The number of hydrogen-bond acceptors (Lipinski definition) is 4. The minimum absolute atomic E-state index is 0.175. The van der Waals surface area contributed by atoms with Gasteiger partial charge in [0.2, 0.25) is 5.91 Å². The summed E-state index contributed by atoms with van der Waals surface area (Å²) >= 11 is 6.90. The van der Waals surface area contributed by atoms with Gasteiger partial charge in [-0.3, -0.25) is 9.59 Å². The molecule has 0 aromatic heterocycles. The minimum Gasteiger partial charge on any atom is -0.496 e. The van der Waals surface area contributed by atoms with E-state index in [1.54, 1.807) is 20.2 Å². The fourth-order valence-electron chi connectivity index (χ4n) is 3.49. The van der Waals surface area contributed by atoms with E-state index in [1.165, 1.54) is 4.90 Å². The van der Waals surface area contributed by atoms with Crippen molar-refractivity contribution in [2.24, 2.45) is 0 Å². The van der Waals surface area contributed by atoms with E-state index in [0.29, 0.717) is 12.2 Å². The summed E-state index contributed by atoms with van der Waals surface area (Å²) in [5.74, 6) is -0.430. The molecular weight excluding hydrogens is 432 g/mol. The molecule has 2 aliphatic heterocycles. The van der Waals surface area contributed by atoms with Crippen LogP contribution >= 0.6 is 31.9 Å². The first-order chi connectivity index (χ1) is 10.8. The number of rotatable bonds is 2. The maximum atomic E-state index is 12.7. The number of carbonyl (C=O) groups is 2. The van der Waals surface area contributed by atoms with Crippen molar-refractivity contribution in [1.82, 2.24) is 10.2 Å². The van der Waals surface area contributed by atoms with Gasteiger partial charge in [0.15, 0.2) is 0 Å². The Labute approximate surface area is 150 Å². The van der Waals surface area contributed by atoms with Gasteiger partial charge >= 0.3 is 0 Å². The smallest absolute Gasteiger partial charge is 0.250 e. The molecule has 3 unspecified atom stereocenters. The van der Waals surface area contributed by atoms with Crippen molar-refractivity contribution >= 4 is 43.7 Å². The molecule has 2 fully saturated rings. The van der Waals surface area contributed by atoms with Crippen molar-refractivity contribution in [3.63, 3.8) is 0 Å². The first-order valence-corrected chi connectivity index (χ1v) is 8.69. The van der Waals surface area contributed by atoms with Gasteiger partial charge < -0.3 is 20.1 Å². The highest BCUT2D eigenvalue weighted by Gasteiger charge is 2.61. The number of carbonyl (C=O) groups excluding carboxylic acids is 2. The monoisotopic (exact) mass is 446 g/mol. The standard InChI is InChI=1S/C15H16Br2N2O4/c1-19-13(21)12(15(14(19)22)4-3-11(20)18-15)7-5-10(23-2)9(17)6-8(7)16/h5-6,12-13,21H,3-4H2,1-2H3,(H,18,20). The SMILES string of the molecule is COc1cc(C2C(O)N(C)C(=O)C23CCC(=O)N3)c(Br)cc1Br. The fraction of sp³-hybridized carbons (Fsp3) is 0.467. The summed E-state index contributed by atoms with van der Waals surface area (Å²) < 4.78 is 6.82. The lowest BCUT2D eigenvalue weighted by molar-refractivity contribution is -0.136. The van der Waals surface area contributed by atoms with Gasteiger partial charge in [-0.05, 0) is 40.0 Å². The number of nitrogens with one attached hydrogen (secondary N) is 1. The van der Waals surface area contributed by atoms with Crippen LogP contribution in [0, 0.1) is 0 Å². The summed E-state index contributed by atoms with van der Waals surface area (Å²) in [6.45, 7) is 0. The third-order valence-corrected chi connectivity index (χ3v) is 5.95. The molecule has 0 bridgehead atoms. The zero-order valence-corrected chi connectivity index (χ0v) is 15.8. The Hall–Kier alpha value is -1.12. The van der Waals surface area contributed by atoms with Crippen LogP contribution in [-0.4, -0.2) is 47.7 Å². The molecule has 2 amide bonds. The van der Waals surface area contributed by atoms with Crippen molar-refractivity contribution in [3.05, 3.63) is 26.6 Å². The van der Waals surface area contributed by atoms with Crippen molar-refractivity contribution in [2.45, 2.75) is 30.5 Å². The number of likely N-dealkylation sites (tertiary alicyclic amines) is 1. The number of aliphatic hydroxyl groups excluding tert-OH is 1. The summed E-state index contributed by atoms with van der Waals surface area (Å²) in [5, 5.41) is 13.4. The molecule has 2 saturated heterocycles. The Morgan fingerprint density at radius 1 is 1.35 bits per heavy atom. The van der Waals surface area contributed by atoms with E-state index in [1.807, 2.05) is 6.07 Å². The zero-order valence-electron chi connectivity index (χ0n) is 12.6. The lowest BCUT2D eigenvalue weighted by Gasteiger charge is -2.30. The first kappa shape index (κ1) is 16.7. The molecule has 0 radical (unpaired) electrons. The predicted octanol–water partition coefficient (Wildman–Crippen LogP) is 1.74. The van der Waals surface area contributed by atoms with Crippen molar-refractivity contribution in [3.8, 4) is 5.75 Å². The Bertz CT molecular complexity index is 696. The lowest BCUT2D eigenvalue weighted by Crippen LogP contribution is -2.51. The second-order valence-electron chi connectivity index (χ2n) is 5.84. The van der Waals surface area contributed by atoms with Crippen molar-refractivity contribution < 1.29 is 19.4 Å². The Morgan fingerprint density at radius 2 is 2.04 bits per heavy atom. The summed E-state index contributed by atoms with van der Waals surface area (Å²) in [6.07, 6.45) is -0.390. The molecule has 1 aromatic rings. The maximum absolute atomic E-state index is 12.7. The van der Waals surface area contributed by atoms with Gasteiger partial charge in [0.25, 0.3) is 5.91 Å². The van der Waals surface area contributed by atoms with Crippen LogP contribution in [0.25, 0.3) is 0 Å². The molecule has 0 aliphatic carbocycles. The Morgan fingerprint density at radius 3 is 2.61 bits per heavy atom. The molecule has 8 heteroatoms. The van der Waals surface area contributed by atoms with Crippen LogP contribution in [0.2, 0.25) is 0 Å². The molecule has 2 aliphatic rings. The number of likely N-dealkylation sites (N-methyl/N-ethyl adjacent to an activating group) is 1. The van der Waals surface area contributed by atoms with E-state index in [-0.39, 0.29) is 18.2 Å². The summed E-state index contributed by atoms with van der Waals surface area (Å²) in [6, 6.07) is 3.59. The van der Waals surface area contributed by atoms with Crippen LogP contribution in [-0.2, 0) is 9.59 Å². The van der Waals surface area contributed by atoms with Crippen molar-refractivity contribution in [1.29, 1.82) is 0 Å². The van der Waals surface area contributed by atoms with Crippen LogP contribution in [0.4, 0.5) is 0 Å². The second kappa shape index (κ2) is 5.75. The largest absolute Gasteiger partial charge is 0.496 e. The van der Waals surface area contributed by atoms with E-state index in [0.717, 1.165) is 14.5 Å². The van der Waals surface area contributed by atoms with Crippen LogP contribution in [0.5, 0.6) is 5.75 Å². The van der Waals surface area contributed by atoms with Gasteiger partial charge in [0.1, 0.15) is 17.5 Å². The molecule has 3 rings (SSSR count). The molecule has 23 heavy (non-hydrogen) atoms. The van der Waals surface area contributed by atoms with Crippen LogP contribution in [0.3, 0.4) is 0 Å². The van der Waals surface area contributed by atoms with Crippen molar-refractivity contribution in [2.75, 3.05) is 14.2 Å². The highest BCUT2D eigenvalue weighted by Crippen LogP contribution is 2.48. The third-order valence-electron chi connectivity index (χ3n) is 4.64. The summed E-state index contributed by atoms with van der Waals surface area (Å²) in [4.78, 5) is 25.8. The number of amides is 2. The fourth-order valence-corrected chi connectivity index (χ4v) is 4.89. The average molecular weight is 448 g/mol. The van der Waals surface area contributed by atoms with Gasteiger partial charge in [-0.25, -0.2) is 0 Å². The normalized spacial score (nSPS) is 30.2. The molecule has 0 saturated carbocycles. The highest BCUT2D eigenvalue weighted by molar-refractivity contribution is 9.11. The summed E-state index contributed by atoms with van der Waals surface area (Å²) in [7, 11) is 3.09. The molecule has 2 N–H and O–H groups in total. The zero-order chi connectivity index (χ0) is 16.9. The van der Waals surface area contributed by atoms with E-state index in [4.69, 9.17) is 4.74 Å². The van der Waals surface area contributed by atoms with Crippen LogP contribution in [0.15, 0.2) is 21.1 Å². The van der Waals surface area contributed by atoms with Gasteiger partial charge in [0.05, 0.1) is 17.5 Å². The molecule has 6 nitrogen and oxygen atoms in total. The number of halogens is 2. The Balaban J connectivity index is 2.17. The third kappa shape index (κ3) is 2.38. The molecule has 2 heterocycles. The predicted molar refractivity (Wildman–Crippen MR) is 90.0 cm³/mol. The minimum atomic E-state index is -1.10. The molecular formula is C15H16Br2N2O4. The van der Waals surface area contributed by atoms with Crippen LogP contribution in [0.1, 0.15) is 24.3 Å². The second-order valence-corrected chi connectivity index (χ2v) is 7.54. The molecule has 124 valence electrons. The summed E-state index contributed by atoms with van der Waals surface area (Å²) in [5.41, 5.74) is -0.385. The van der Waals surface area contributed by atoms with E-state index >= 15 is 0 Å². The van der Waals surface area contributed by atoms with Gasteiger partial charge in [-0.1, -0.05) is 15.9 Å². The highest BCUT2D eigenvalue weighted by atomic mass is 79.9. The van der Waals surface area contributed by atoms with Gasteiger partial charge in [0, 0.05) is 17.9 Å². The number of benzene rings is 1. The lowest BCUT2D eigenvalue weighted by atomic mass is 9.79.